The number of nitrogens with zero attached hydrogens (tertiary/aromatic N) is 4. The van der Waals surface area contributed by atoms with Crippen molar-refractivity contribution in [3.05, 3.63) is 48.2 Å². The Morgan fingerprint density at radius 1 is 0.840 bits per heavy atom. The Morgan fingerprint density at radius 2 is 1.60 bits per heavy atom. The molecule has 25 heavy (non-hydrogen) atoms. The van der Waals surface area contributed by atoms with Crippen molar-refractivity contribution in [2.24, 2.45) is 5.92 Å². The highest BCUT2D eigenvalue weighted by molar-refractivity contribution is 5.44. The van der Waals surface area contributed by atoms with E-state index in [0.29, 0.717) is 0 Å². The molecular formula is C21H28N4. The second-order valence-corrected chi connectivity index (χ2v) is 7.38. The second kappa shape index (κ2) is 7.85. The molecule has 0 amide bonds. The predicted molar refractivity (Wildman–Crippen MR) is 103 cm³/mol. The van der Waals surface area contributed by atoms with Crippen molar-refractivity contribution in [1.29, 1.82) is 0 Å². The van der Waals surface area contributed by atoms with Crippen LogP contribution >= 0.6 is 0 Å². The molecule has 0 spiro atoms. The summed E-state index contributed by atoms with van der Waals surface area (Å²) in [6.45, 7) is 4.41. The van der Waals surface area contributed by atoms with Crippen molar-refractivity contribution in [3.8, 4) is 0 Å². The van der Waals surface area contributed by atoms with Gasteiger partial charge in [0.2, 0.25) is 5.95 Å². The molecule has 2 fully saturated rings. The summed E-state index contributed by atoms with van der Waals surface area (Å²) in [5, 5.41) is 0. The van der Waals surface area contributed by atoms with Crippen LogP contribution in [0.4, 0.5) is 11.8 Å². The summed E-state index contributed by atoms with van der Waals surface area (Å²) in [7, 11) is 0. The van der Waals surface area contributed by atoms with Crippen LogP contribution in [0, 0.1) is 5.92 Å². The van der Waals surface area contributed by atoms with Gasteiger partial charge in [-0.05, 0) is 56.1 Å². The molecule has 2 saturated heterocycles. The number of hydrogen-bond donors (Lipinski definition) is 0. The van der Waals surface area contributed by atoms with Gasteiger partial charge >= 0.3 is 0 Å². The minimum absolute atomic E-state index is 0.794. The summed E-state index contributed by atoms with van der Waals surface area (Å²) in [5.41, 5.74) is 1.47. The molecule has 1 aromatic heterocycles. The zero-order valence-corrected chi connectivity index (χ0v) is 15.0. The minimum Gasteiger partial charge on any atom is -0.356 e. The fourth-order valence-corrected chi connectivity index (χ4v) is 4.08. The molecule has 0 aliphatic carbocycles. The molecule has 0 N–H and O–H groups in total. The third kappa shape index (κ3) is 4.12. The third-order valence-electron chi connectivity index (χ3n) is 5.57. The van der Waals surface area contributed by atoms with E-state index in [-0.39, 0.29) is 0 Å². The van der Waals surface area contributed by atoms with E-state index in [9.17, 15) is 0 Å². The van der Waals surface area contributed by atoms with E-state index >= 15 is 0 Å². The topological polar surface area (TPSA) is 32.3 Å². The molecule has 2 aliphatic heterocycles. The normalized spacial score (nSPS) is 19.2. The molecule has 0 saturated carbocycles. The Kier molecular flexibility index (Phi) is 5.14. The Balaban J connectivity index is 1.36. The third-order valence-corrected chi connectivity index (χ3v) is 5.57. The van der Waals surface area contributed by atoms with Gasteiger partial charge in [-0.15, -0.1) is 0 Å². The van der Waals surface area contributed by atoms with Gasteiger partial charge in [-0.3, -0.25) is 0 Å². The molecule has 0 unspecified atom stereocenters. The van der Waals surface area contributed by atoms with Crippen LogP contribution in [0.5, 0.6) is 0 Å². The standard InChI is InChI=1S/C21H28N4/c1-3-7-18(8-4-1)17-19-10-15-24(16-11-19)20-9-12-22-21(23-20)25-13-5-2-6-14-25/h1,3-4,7-9,12,19H,2,5-6,10-11,13-17H2. The van der Waals surface area contributed by atoms with Crippen molar-refractivity contribution in [2.75, 3.05) is 36.0 Å². The molecule has 4 heteroatoms. The van der Waals surface area contributed by atoms with E-state index in [2.05, 4.69) is 51.2 Å². The van der Waals surface area contributed by atoms with Gasteiger partial charge in [-0.1, -0.05) is 30.3 Å². The number of piperidine rings is 2. The predicted octanol–water partition coefficient (Wildman–Crippen LogP) is 3.93. The molecule has 4 nitrogen and oxygen atoms in total. The molecule has 0 bridgehead atoms. The van der Waals surface area contributed by atoms with Crippen LogP contribution in [0.2, 0.25) is 0 Å². The first-order valence-corrected chi connectivity index (χ1v) is 9.75. The van der Waals surface area contributed by atoms with E-state index in [1.165, 1.54) is 44.1 Å². The molecule has 4 rings (SSSR count). The largest absolute Gasteiger partial charge is 0.356 e. The van der Waals surface area contributed by atoms with Gasteiger partial charge in [0, 0.05) is 32.4 Å². The number of aromatic nitrogens is 2. The van der Waals surface area contributed by atoms with E-state index in [0.717, 1.165) is 43.9 Å². The highest BCUT2D eigenvalue weighted by Crippen LogP contribution is 2.26. The fourth-order valence-electron chi connectivity index (χ4n) is 4.08. The van der Waals surface area contributed by atoms with Crippen LogP contribution in [0.1, 0.15) is 37.7 Å². The van der Waals surface area contributed by atoms with Crippen LogP contribution in [0.3, 0.4) is 0 Å². The summed E-state index contributed by atoms with van der Waals surface area (Å²) in [6.07, 6.45) is 9.50. The van der Waals surface area contributed by atoms with Gasteiger partial charge in [0.15, 0.2) is 0 Å². The Labute approximate surface area is 150 Å². The van der Waals surface area contributed by atoms with Crippen molar-refractivity contribution in [3.63, 3.8) is 0 Å². The molecule has 3 heterocycles. The lowest BCUT2D eigenvalue weighted by Gasteiger charge is -2.33. The summed E-state index contributed by atoms with van der Waals surface area (Å²) in [4.78, 5) is 14.2. The first kappa shape index (κ1) is 16.4. The van der Waals surface area contributed by atoms with Crippen molar-refractivity contribution < 1.29 is 0 Å². The maximum Gasteiger partial charge on any atom is 0.227 e. The lowest BCUT2D eigenvalue weighted by Crippen LogP contribution is -2.36. The number of rotatable bonds is 4. The van der Waals surface area contributed by atoms with Crippen molar-refractivity contribution >= 4 is 11.8 Å². The van der Waals surface area contributed by atoms with E-state index in [4.69, 9.17) is 4.98 Å². The van der Waals surface area contributed by atoms with Crippen LogP contribution < -0.4 is 9.80 Å². The number of hydrogen-bond acceptors (Lipinski definition) is 4. The SMILES string of the molecule is c1ccc(CC2CCN(c3ccnc(N4CCCCC4)n3)CC2)cc1. The molecule has 2 aromatic rings. The van der Waals surface area contributed by atoms with Gasteiger partial charge < -0.3 is 9.80 Å². The highest BCUT2D eigenvalue weighted by atomic mass is 15.3. The van der Waals surface area contributed by atoms with Gasteiger partial charge in [-0.2, -0.15) is 4.98 Å². The lowest BCUT2D eigenvalue weighted by molar-refractivity contribution is 0.402. The maximum atomic E-state index is 4.87. The number of benzene rings is 1. The zero-order valence-electron chi connectivity index (χ0n) is 15.0. The van der Waals surface area contributed by atoms with E-state index in [1.807, 2.05) is 6.20 Å². The summed E-state index contributed by atoms with van der Waals surface area (Å²) in [5.74, 6) is 2.82. The first-order chi connectivity index (χ1) is 12.4. The average Bonchev–Trinajstić information content (AvgIpc) is 2.70. The van der Waals surface area contributed by atoms with Crippen LogP contribution in [-0.2, 0) is 6.42 Å². The lowest BCUT2D eigenvalue weighted by atomic mass is 9.90. The average molecular weight is 336 g/mol. The number of anilines is 2. The molecule has 1 aromatic carbocycles. The Bertz CT molecular complexity index is 659. The summed E-state index contributed by atoms with van der Waals surface area (Å²) >= 11 is 0. The maximum absolute atomic E-state index is 4.87. The van der Waals surface area contributed by atoms with Gasteiger partial charge in [0.05, 0.1) is 0 Å². The monoisotopic (exact) mass is 336 g/mol. The zero-order chi connectivity index (χ0) is 16.9. The molecular weight excluding hydrogens is 308 g/mol. The van der Waals surface area contributed by atoms with Crippen LogP contribution in [-0.4, -0.2) is 36.1 Å². The first-order valence-electron chi connectivity index (χ1n) is 9.75. The minimum atomic E-state index is 0.794. The van der Waals surface area contributed by atoms with Gasteiger partial charge in [-0.25, -0.2) is 4.98 Å². The summed E-state index contributed by atoms with van der Waals surface area (Å²) < 4.78 is 0. The quantitative estimate of drug-likeness (QED) is 0.847. The highest BCUT2D eigenvalue weighted by Gasteiger charge is 2.21. The Hall–Kier alpha value is -2.10. The molecule has 0 radical (unpaired) electrons. The smallest absolute Gasteiger partial charge is 0.227 e. The molecule has 0 atom stereocenters. The van der Waals surface area contributed by atoms with E-state index < -0.39 is 0 Å². The fraction of sp³-hybridized carbons (Fsp3) is 0.524. The van der Waals surface area contributed by atoms with Crippen molar-refractivity contribution in [1.82, 2.24) is 9.97 Å². The van der Waals surface area contributed by atoms with Crippen LogP contribution in [0.25, 0.3) is 0 Å². The summed E-state index contributed by atoms with van der Waals surface area (Å²) in [6, 6.07) is 13.0. The molecule has 2 aliphatic rings. The van der Waals surface area contributed by atoms with Crippen LogP contribution in [0.15, 0.2) is 42.6 Å². The Morgan fingerprint density at radius 3 is 2.36 bits per heavy atom. The van der Waals surface area contributed by atoms with E-state index in [1.54, 1.807) is 0 Å². The second-order valence-electron chi connectivity index (χ2n) is 7.38. The van der Waals surface area contributed by atoms with Gasteiger partial charge in [0.1, 0.15) is 5.82 Å². The van der Waals surface area contributed by atoms with Gasteiger partial charge in [0.25, 0.3) is 0 Å². The van der Waals surface area contributed by atoms with Crippen molar-refractivity contribution in [2.45, 2.75) is 38.5 Å². The molecule has 132 valence electrons.